The maximum Gasteiger partial charge on any atom is 0.223 e. The van der Waals surface area contributed by atoms with E-state index in [-0.39, 0.29) is 11.8 Å². The molecule has 2 saturated carbocycles. The van der Waals surface area contributed by atoms with E-state index in [1.165, 1.54) is 25.7 Å². The fourth-order valence-corrected chi connectivity index (χ4v) is 1.37. The molecule has 2 rings (SSSR count). The number of hydrogen-bond donors (Lipinski definition) is 1. The van der Waals surface area contributed by atoms with Crippen LogP contribution in [0.25, 0.3) is 0 Å². The van der Waals surface area contributed by atoms with Crippen molar-refractivity contribution in [1.82, 2.24) is 5.32 Å². The smallest absolute Gasteiger partial charge is 0.223 e. The second kappa shape index (κ2) is 2.50. The van der Waals surface area contributed by atoms with E-state index in [0.717, 1.165) is 0 Å². The van der Waals surface area contributed by atoms with Gasteiger partial charge in [-0.1, -0.05) is 6.92 Å². The van der Waals surface area contributed by atoms with Crippen molar-refractivity contribution in [3.8, 4) is 0 Å². The first-order valence-corrected chi connectivity index (χ1v) is 4.58. The Hall–Kier alpha value is -0.530. The second-order valence-electron chi connectivity index (χ2n) is 3.91. The van der Waals surface area contributed by atoms with E-state index < -0.39 is 0 Å². The van der Waals surface area contributed by atoms with E-state index in [2.05, 4.69) is 12.2 Å². The van der Waals surface area contributed by atoms with Crippen LogP contribution in [0.1, 0.15) is 32.6 Å². The molecule has 0 heterocycles. The molecule has 11 heavy (non-hydrogen) atoms. The van der Waals surface area contributed by atoms with Crippen LogP contribution >= 0.6 is 0 Å². The first-order valence-electron chi connectivity index (χ1n) is 4.58. The van der Waals surface area contributed by atoms with E-state index in [1.807, 2.05) is 0 Å². The molecule has 2 aliphatic carbocycles. The van der Waals surface area contributed by atoms with Gasteiger partial charge in [0, 0.05) is 12.0 Å². The molecule has 0 spiro atoms. The molecule has 1 amide bonds. The van der Waals surface area contributed by atoms with Crippen LogP contribution in [-0.4, -0.2) is 11.9 Å². The molecule has 1 atom stereocenters. The number of nitrogens with one attached hydrogen (secondary N) is 1. The summed E-state index contributed by atoms with van der Waals surface area (Å²) in [5, 5.41) is 3.04. The van der Waals surface area contributed by atoms with E-state index in [9.17, 15) is 4.79 Å². The molecule has 2 aliphatic rings. The predicted octanol–water partition coefficient (Wildman–Crippen LogP) is 1.31. The number of rotatable bonds is 3. The summed E-state index contributed by atoms with van der Waals surface area (Å²) in [5.74, 6) is 1.26. The van der Waals surface area contributed by atoms with Gasteiger partial charge in [0.15, 0.2) is 0 Å². The molecule has 0 radical (unpaired) electrons. The Kier molecular flexibility index (Phi) is 1.63. The molecular weight excluding hydrogens is 138 g/mol. The summed E-state index contributed by atoms with van der Waals surface area (Å²) >= 11 is 0. The lowest BCUT2D eigenvalue weighted by atomic mass is 10.1. The Bertz CT molecular complexity index is 170. The summed E-state index contributed by atoms with van der Waals surface area (Å²) in [6, 6.07) is 0.531. The largest absolute Gasteiger partial charge is 0.353 e. The Balaban J connectivity index is 1.77. The third-order valence-electron chi connectivity index (χ3n) is 2.67. The highest BCUT2D eigenvalue weighted by molar-refractivity contribution is 5.79. The topological polar surface area (TPSA) is 29.1 Å². The summed E-state index contributed by atoms with van der Waals surface area (Å²) in [6.45, 7) is 2.05. The molecule has 0 saturated heterocycles. The van der Waals surface area contributed by atoms with Crippen LogP contribution in [0.15, 0.2) is 0 Å². The minimum absolute atomic E-state index is 0.274. The van der Waals surface area contributed by atoms with E-state index in [0.29, 0.717) is 12.0 Å². The second-order valence-corrected chi connectivity index (χ2v) is 3.91. The van der Waals surface area contributed by atoms with Gasteiger partial charge in [0.25, 0.3) is 0 Å². The average Bonchev–Trinajstić information content (AvgIpc) is 2.81. The van der Waals surface area contributed by atoms with Gasteiger partial charge < -0.3 is 5.32 Å². The normalized spacial score (nSPS) is 26.3. The van der Waals surface area contributed by atoms with Crippen molar-refractivity contribution in [1.29, 1.82) is 0 Å². The molecule has 2 nitrogen and oxygen atoms in total. The van der Waals surface area contributed by atoms with Gasteiger partial charge in [0.2, 0.25) is 5.91 Å². The number of carbonyl (C=O) groups is 1. The zero-order chi connectivity index (χ0) is 7.84. The molecule has 1 N–H and O–H groups in total. The number of carbonyl (C=O) groups excluding carboxylic acids is 1. The van der Waals surface area contributed by atoms with Gasteiger partial charge in [0.1, 0.15) is 0 Å². The number of amides is 1. The van der Waals surface area contributed by atoms with Gasteiger partial charge in [-0.25, -0.2) is 0 Å². The van der Waals surface area contributed by atoms with Gasteiger partial charge in [-0.15, -0.1) is 0 Å². The van der Waals surface area contributed by atoms with Gasteiger partial charge in [0.05, 0.1) is 0 Å². The first kappa shape index (κ1) is 7.14. The maximum atomic E-state index is 11.4. The predicted molar refractivity (Wildman–Crippen MR) is 43.1 cm³/mol. The summed E-state index contributed by atoms with van der Waals surface area (Å²) in [5.41, 5.74) is 0. The van der Waals surface area contributed by atoms with Crippen molar-refractivity contribution in [2.75, 3.05) is 0 Å². The van der Waals surface area contributed by atoms with Gasteiger partial charge in [-0.2, -0.15) is 0 Å². The molecule has 0 aliphatic heterocycles. The molecule has 2 heteroatoms. The minimum Gasteiger partial charge on any atom is -0.353 e. The van der Waals surface area contributed by atoms with Crippen molar-refractivity contribution in [3.05, 3.63) is 0 Å². The SMILES string of the molecule is CC(C(=O)NC1CC1)C1CC1. The number of hydrogen-bond acceptors (Lipinski definition) is 1. The Morgan fingerprint density at radius 1 is 1.36 bits per heavy atom. The monoisotopic (exact) mass is 153 g/mol. The lowest BCUT2D eigenvalue weighted by Crippen LogP contribution is -2.31. The zero-order valence-electron chi connectivity index (χ0n) is 6.97. The summed E-state index contributed by atoms with van der Waals surface area (Å²) in [7, 11) is 0. The molecule has 2 fully saturated rings. The highest BCUT2D eigenvalue weighted by Gasteiger charge is 2.34. The molecule has 0 aromatic carbocycles. The third kappa shape index (κ3) is 1.73. The van der Waals surface area contributed by atoms with Crippen molar-refractivity contribution in [3.63, 3.8) is 0 Å². The fraction of sp³-hybridized carbons (Fsp3) is 0.889. The maximum absolute atomic E-state index is 11.4. The first-order chi connectivity index (χ1) is 5.27. The molecular formula is C9H15NO. The van der Waals surface area contributed by atoms with E-state index >= 15 is 0 Å². The minimum atomic E-state index is 0.274. The molecule has 1 unspecified atom stereocenters. The summed E-state index contributed by atoms with van der Waals surface area (Å²) in [4.78, 5) is 11.4. The van der Waals surface area contributed by atoms with Crippen molar-refractivity contribution in [2.45, 2.75) is 38.6 Å². The van der Waals surface area contributed by atoms with Crippen molar-refractivity contribution >= 4 is 5.91 Å². The Morgan fingerprint density at radius 3 is 2.45 bits per heavy atom. The molecule has 0 aromatic heterocycles. The van der Waals surface area contributed by atoms with Crippen LogP contribution in [0, 0.1) is 11.8 Å². The molecule has 0 aromatic rings. The van der Waals surface area contributed by atoms with Crippen LogP contribution in [0.2, 0.25) is 0 Å². The standard InChI is InChI=1S/C9H15NO/c1-6(7-2-3-7)9(11)10-8-4-5-8/h6-8H,2-5H2,1H3,(H,10,11). The van der Waals surface area contributed by atoms with Crippen molar-refractivity contribution < 1.29 is 4.79 Å². The molecule has 0 bridgehead atoms. The third-order valence-corrected chi connectivity index (χ3v) is 2.67. The van der Waals surface area contributed by atoms with Gasteiger partial charge in [-0.05, 0) is 31.6 Å². The van der Waals surface area contributed by atoms with E-state index in [1.54, 1.807) is 0 Å². The Labute approximate surface area is 67.4 Å². The lowest BCUT2D eigenvalue weighted by Gasteiger charge is -2.09. The van der Waals surface area contributed by atoms with Crippen LogP contribution in [0.4, 0.5) is 0 Å². The summed E-state index contributed by atoms with van der Waals surface area (Å²) < 4.78 is 0. The van der Waals surface area contributed by atoms with Crippen LogP contribution < -0.4 is 5.32 Å². The Morgan fingerprint density at radius 2 is 2.00 bits per heavy atom. The van der Waals surface area contributed by atoms with Crippen LogP contribution in [0.5, 0.6) is 0 Å². The van der Waals surface area contributed by atoms with Gasteiger partial charge in [-0.3, -0.25) is 4.79 Å². The summed E-state index contributed by atoms with van der Waals surface area (Å²) in [6.07, 6.45) is 4.92. The van der Waals surface area contributed by atoms with Crippen LogP contribution in [0.3, 0.4) is 0 Å². The van der Waals surface area contributed by atoms with Crippen LogP contribution in [-0.2, 0) is 4.79 Å². The van der Waals surface area contributed by atoms with E-state index in [4.69, 9.17) is 0 Å². The quantitative estimate of drug-likeness (QED) is 0.650. The van der Waals surface area contributed by atoms with Gasteiger partial charge >= 0.3 is 0 Å². The highest BCUT2D eigenvalue weighted by Crippen LogP contribution is 2.37. The van der Waals surface area contributed by atoms with Crippen molar-refractivity contribution in [2.24, 2.45) is 11.8 Å². The lowest BCUT2D eigenvalue weighted by molar-refractivity contribution is -0.125. The highest BCUT2D eigenvalue weighted by atomic mass is 16.2. The molecule has 62 valence electrons. The fourth-order valence-electron chi connectivity index (χ4n) is 1.37. The average molecular weight is 153 g/mol. The zero-order valence-corrected chi connectivity index (χ0v) is 6.97.